The van der Waals surface area contributed by atoms with Gasteiger partial charge in [0.25, 0.3) is 0 Å². The lowest BCUT2D eigenvalue weighted by Crippen LogP contribution is -2.39. The number of nitrogens with one attached hydrogen (secondary N) is 1. The van der Waals surface area contributed by atoms with Gasteiger partial charge in [-0.25, -0.2) is 0 Å². The highest BCUT2D eigenvalue weighted by molar-refractivity contribution is 5.37. The Morgan fingerprint density at radius 3 is 2.75 bits per heavy atom. The molecule has 3 heterocycles. The van der Waals surface area contributed by atoms with Crippen molar-refractivity contribution < 1.29 is 4.74 Å². The molecule has 1 N–H and O–H groups in total. The second-order valence-electron chi connectivity index (χ2n) is 8.37. The summed E-state index contributed by atoms with van der Waals surface area (Å²) < 4.78 is 8.09. The van der Waals surface area contributed by atoms with Gasteiger partial charge in [-0.1, -0.05) is 6.07 Å². The smallest absolute Gasteiger partial charge is 0.160 e. The number of nitrogens with zero attached hydrogens (tertiary/aromatic N) is 3. The third-order valence-corrected chi connectivity index (χ3v) is 5.83. The normalized spacial score (nSPS) is 30.9. The lowest BCUT2D eigenvalue weighted by molar-refractivity contribution is 0.0276. The van der Waals surface area contributed by atoms with E-state index in [1.807, 2.05) is 24.4 Å². The van der Waals surface area contributed by atoms with E-state index in [2.05, 4.69) is 40.7 Å². The van der Waals surface area contributed by atoms with Crippen LogP contribution in [0.5, 0.6) is 0 Å². The summed E-state index contributed by atoms with van der Waals surface area (Å²) in [4.78, 5) is 0. The van der Waals surface area contributed by atoms with E-state index in [0.29, 0.717) is 11.5 Å². The van der Waals surface area contributed by atoms with Crippen LogP contribution in [0.4, 0.5) is 0 Å². The number of ether oxygens (including phenoxy) is 1. The van der Waals surface area contributed by atoms with E-state index >= 15 is 0 Å². The van der Waals surface area contributed by atoms with Gasteiger partial charge in [0.2, 0.25) is 0 Å². The van der Waals surface area contributed by atoms with Crippen LogP contribution in [0.25, 0.3) is 5.65 Å². The number of fused-ring (bicyclic) bond motifs is 1. The highest BCUT2D eigenvalue weighted by atomic mass is 16.5. The molecule has 1 unspecified atom stereocenters. The number of aromatic nitrogens is 3. The molecule has 4 rings (SSSR count). The summed E-state index contributed by atoms with van der Waals surface area (Å²) in [5.41, 5.74) is 1.40. The minimum absolute atomic E-state index is 0.0635. The molecule has 2 fully saturated rings. The summed E-state index contributed by atoms with van der Waals surface area (Å²) in [6.07, 6.45) is 8.22. The Kier molecular flexibility index (Phi) is 3.88. The Hall–Kier alpha value is -1.46. The molecule has 1 aliphatic heterocycles. The number of hydrogen-bond acceptors (Lipinski definition) is 4. The number of hydrogen-bond donors (Lipinski definition) is 1. The van der Waals surface area contributed by atoms with E-state index in [1.165, 1.54) is 32.1 Å². The van der Waals surface area contributed by atoms with Gasteiger partial charge in [-0.05, 0) is 70.4 Å². The molecule has 0 aromatic carbocycles. The van der Waals surface area contributed by atoms with Crippen LogP contribution in [0.15, 0.2) is 24.4 Å². The largest absolute Gasteiger partial charge is 0.375 e. The Labute approximate surface area is 143 Å². The second kappa shape index (κ2) is 5.81. The van der Waals surface area contributed by atoms with Crippen molar-refractivity contribution in [2.24, 2.45) is 5.41 Å². The average molecular weight is 328 g/mol. The van der Waals surface area contributed by atoms with Crippen LogP contribution >= 0.6 is 0 Å². The quantitative estimate of drug-likeness (QED) is 0.937. The van der Waals surface area contributed by atoms with Gasteiger partial charge in [-0.15, -0.1) is 10.2 Å². The summed E-state index contributed by atoms with van der Waals surface area (Å²) in [7, 11) is 0. The molecule has 1 aliphatic carbocycles. The van der Waals surface area contributed by atoms with Crippen LogP contribution in [0.1, 0.15) is 64.7 Å². The number of pyridine rings is 1. The first-order chi connectivity index (χ1) is 11.5. The third-order valence-electron chi connectivity index (χ3n) is 5.83. The van der Waals surface area contributed by atoms with Gasteiger partial charge in [0.1, 0.15) is 0 Å². The van der Waals surface area contributed by atoms with Crippen molar-refractivity contribution in [3.05, 3.63) is 30.2 Å². The van der Waals surface area contributed by atoms with Gasteiger partial charge in [-0.2, -0.15) is 0 Å². The van der Waals surface area contributed by atoms with E-state index in [9.17, 15) is 0 Å². The van der Waals surface area contributed by atoms with E-state index in [1.54, 1.807) is 0 Å². The molecule has 0 bridgehead atoms. The first-order valence-electron chi connectivity index (χ1n) is 9.16. The van der Waals surface area contributed by atoms with E-state index < -0.39 is 0 Å². The second-order valence-corrected chi connectivity index (χ2v) is 8.37. The van der Waals surface area contributed by atoms with Crippen molar-refractivity contribution in [3.8, 4) is 0 Å². The van der Waals surface area contributed by atoms with Gasteiger partial charge >= 0.3 is 0 Å². The highest BCUT2D eigenvalue weighted by Gasteiger charge is 2.46. The standard InChI is InChI=1S/C19H28N4O/c1-14(17-22-21-16-6-4-5-11-23(16)17)20-15-7-9-19(10-8-15)12-18(2,3)24-13-19/h4-6,11,14-15,20H,7-10,12-13H2,1-3H3. The van der Waals surface area contributed by atoms with Gasteiger partial charge < -0.3 is 10.1 Å². The van der Waals surface area contributed by atoms with Crippen molar-refractivity contribution in [2.75, 3.05) is 6.61 Å². The molecular weight excluding hydrogens is 300 g/mol. The van der Waals surface area contributed by atoms with Crippen molar-refractivity contribution in [3.63, 3.8) is 0 Å². The Bertz CT molecular complexity index is 715. The van der Waals surface area contributed by atoms with Crippen molar-refractivity contribution >= 4 is 5.65 Å². The zero-order valence-electron chi connectivity index (χ0n) is 15.0. The van der Waals surface area contributed by atoms with Gasteiger partial charge in [-0.3, -0.25) is 4.40 Å². The maximum absolute atomic E-state index is 6.02. The van der Waals surface area contributed by atoms with Gasteiger partial charge in [0.15, 0.2) is 11.5 Å². The predicted molar refractivity (Wildman–Crippen MR) is 93.9 cm³/mol. The molecule has 1 saturated carbocycles. The fourth-order valence-corrected chi connectivity index (χ4v) is 4.65. The van der Waals surface area contributed by atoms with Crippen molar-refractivity contribution in [1.29, 1.82) is 0 Å². The summed E-state index contributed by atoms with van der Waals surface area (Å²) in [6, 6.07) is 6.79. The molecule has 5 nitrogen and oxygen atoms in total. The molecule has 2 aromatic rings. The molecule has 130 valence electrons. The molecule has 2 aliphatic rings. The predicted octanol–water partition coefficient (Wildman–Crippen LogP) is 3.51. The van der Waals surface area contributed by atoms with E-state index in [0.717, 1.165) is 18.1 Å². The molecule has 1 spiro atoms. The van der Waals surface area contributed by atoms with Gasteiger partial charge in [0, 0.05) is 12.2 Å². The Morgan fingerprint density at radius 2 is 2.04 bits per heavy atom. The van der Waals surface area contributed by atoms with Crippen LogP contribution in [-0.2, 0) is 4.74 Å². The summed E-state index contributed by atoms with van der Waals surface area (Å²) in [6.45, 7) is 7.59. The monoisotopic (exact) mass is 328 g/mol. The zero-order chi connectivity index (χ0) is 16.8. The lowest BCUT2D eigenvalue weighted by Gasteiger charge is -2.37. The summed E-state index contributed by atoms with van der Waals surface area (Å²) in [5, 5.41) is 12.4. The minimum Gasteiger partial charge on any atom is -0.375 e. The topological polar surface area (TPSA) is 51.5 Å². The molecule has 1 atom stereocenters. The van der Waals surface area contributed by atoms with E-state index in [-0.39, 0.29) is 11.6 Å². The fourth-order valence-electron chi connectivity index (χ4n) is 4.65. The molecule has 0 amide bonds. The van der Waals surface area contributed by atoms with Crippen LogP contribution < -0.4 is 5.32 Å². The number of rotatable bonds is 3. The maximum Gasteiger partial charge on any atom is 0.160 e. The van der Waals surface area contributed by atoms with Crippen LogP contribution in [-0.4, -0.2) is 32.8 Å². The lowest BCUT2D eigenvalue weighted by atomic mass is 9.69. The van der Waals surface area contributed by atoms with Crippen LogP contribution in [0.3, 0.4) is 0 Å². The fraction of sp³-hybridized carbons (Fsp3) is 0.684. The molecule has 24 heavy (non-hydrogen) atoms. The maximum atomic E-state index is 6.02. The first kappa shape index (κ1) is 16.0. The Balaban J connectivity index is 1.39. The van der Waals surface area contributed by atoms with Gasteiger partial charge in [0.05, 0.1) is 18.2 Å². The third kappa shape index (κ3) is 2.95. The highest BCUT2D eigenvalue weighted by Crippen LogP contribution is 2.48. The molecule has 5 heteroatoms. The zero-order valence-corrected chi connectivity index (χ0v) is 15.0. The molecule has 2 aromatic heterocycles. The summed E-state index contributed by atoms with van der Waals surface area (Å²) >= 11 is 0. The SMILES string of the molecule is CC(NC1CCC2(CC1)COC(C)(C)C2)c1nnc2ccccn12. The molecule has 1 saturated heterocycles. The molecule has 0 radical (unpaired) electrons. The Morgan fingerprint density at radius 1 is 1.25 bits per heavy atom. The summed E-state index contributed by atoms with van der Waals surface area (Å²) in [5.74, 6) is 0.996. The average Bonchev–Trinajstić information content (AvgIpc) is 3.11. The van der Waals surface area contributed by atoms with Crippen molar-refractivity contribution in [2.45, 2.75) is 70.6 Å². The van der Waals surface area contributed by atoms with Crippen LogP contribution in [0.2, 0.25) is 0 Å². The van der Waals surface area contributed by atoms with Crippen molar-refractivity contribution in [1.82, 2.24) is 19.9 Å². The molecular formula is C19H28N4O. The first-order valence-corrected chi connectivity index (χ1v) is 9.16. The van der Waals surface area contributed by atoms with E-state index in [4.69, 9.17) is 4.74 Å². The minimum atomic E-state index is 0.0635. The van der Waals surface area contributed by atoms with Crippen LogP contribution in [0, 0.1) is 5.41 Å².